The van der Waals surface area contributed by atoms with E-state index in [1.54, 1.807) is 24.3 Å². The van der Waals surface area contributed by atoms with E-state index in [-0.39, 0.29) is 17.0 Å². The summed E-state index contributed by atoms with van der Waals surface area (Å²) in [7, 11) is 0. The maximum atomic E-state index is 12.7. The molecule has 0 aliphatic carbocycles. The van der Waals surface area contributed by atoms with Gasteiger partial charge in [-0.25, -0.2) is 5.43 Å². The number of aromatic hydroxyl groups is 1. The van der Waals surface area contributed by atoms with Crippen LogP contribution < -0.4 is 5.43 Å². The summed E-state index contributed by atoms with van der Waals surface area (Å²) in [5, 5.41) is 13.5. The Bertz CT molecular complexity index is 804. The SMILES string of the molecule is C/C(=N\NC(=O)c1ccccc1Br)c1cc(C(F)(F)F)ccc1O. The summed E-state index contributed by atoms with van der Waals surface area (Å²) in [6.45, 7) is 1.38. The molecular weight excluding hydrogens is 389 g/mol. The molecule has 2 rings (SSSR count). The number of nitrogens with one attached hydrogen (secondary N) is 1. The minimum Gasteiger partial charge on any atom is -0.507 e. The van der Waals surface area contributed by atoms with Crippen LogP contribution in [-0.2, 0) is 6.18 Å². The van der Waals surface area contributed by atoms with E-state index < -0.39 is 17.6 Å². The maximum absolute atomic E-state index is 12.7. The largest absolute Gasteiger partial charge is 0.507 e. The molecule has 0 fully saturated rings. The molecule has 4 nitrogen and oxygen atoms in total. The number of benzene rings is 2. The van der Waals surface area contributed by atoms with Gasteiger partial charge in [-0.05, 0) is 53.2 Å². The molecule has 0 aliphatic heterocycles. The van der Waals surface area contributed by atoms with Gasteiger partial charge in [0, 0.05) is 10.0 Å². The van der Waals surface area contributed by atoms with E-state index >= 15 is 0 Å². The van der Waals surface area contributed by atoms with Crippen molar-refractivity contribution in [2.45, 2.75) is 13.1 Å². The van der Waals surface area contributed by atoms with Crippen molar-refractivity contribution < 1.29 is 23.1 Å². The van der Waals surface area contributed by atoms with Crippen LogP contribution in [0.15, 0.2) is 52.0 Å². The Morgan fingerprint density at radius 3 is 2.46 bits per heavy atom. The summed E-state index contributed by atoms with van der Waals surface area (Å²) in [5.74, 6) is -0.896. The molecule has 126 valence electrons. The summed E-state index contributed by atoms with van der Waals surface area (Å²) < 4.78 is 38.8. The summed E-state index contributed by atoms with van der Waals surface area (Å²) in [6.07, 6.45) is -4.54. The molecular formula is C16H12BrF3N2O2. The number of phenolic OH excluding ortho intramolecular Hbond substituents is 1. The maximum Gasteiger partial charge on any atom is 0.416 e. The Balaban J connectivity index is 2.25. The highest BCUT2D eigenvalue weighted by Crippen LogP contribution is 2.32. The van der Waals surface area contributed by atoms with Gasteiger partial charge in [-0.2, -0.15) is 18.3 Å². The number of rotatable bonds is 3. The third kappa shape index (κ3) is 4.14. The predicted molar refractivity (Wildman–Crippen MR) is 86.9 cm³/mol. The molecule has 1 amide bonds. The fraction of sp³-hybridized carbons (Fsp3) is 0.125. The quantitative estimate of drug-likeness (QED) is 0.594. The van der Waals surface area contributed by atoms with E-state index in [9.17, 15) is 23.1 Å². The van der Waals surface area contributed by atoms with Crippen LogP contribution in [0.2, 0.25) is 0 Å². The Morgan fingerprint density at radius 2 is 1.83 bits per heavy atom. The van der Waals surface area contributed by atoms with Crippen LogP contribution in [0.1, 0.15) is 28.4 Å². The lowest BCUT2D eigenvalue weighted by atomic mass is 10.1. The van der Waals surface area contributed by atoms with Crippen LogP contribution in [0.5, 0.6) is 5.75 Å². The molecule has 2 aromatic rings. The highest BCUT2D eigenvalue weighted by molar-refractivity contribution is 9.10. The fourth-order valence-electron chi connectivity index (χ4n) is 1.90. The predicted octanol–water partition coefficient (Wildman–Crippen LogP) is 4.33. The molecule has 8 heteroatoms. The van der Waals surface area contributed by atoms with Crippen LogP contribution in [0.4, 0.5) is 13.2 Å². The van der Waals surface area contributed by atoms with Gasteiger partial charge in [0.15, 0.2) is 0 Å². The van der Waals surface area contributed by atoms with Crippen molar-refractivity contribution in [3.05, 3.63) is 63.6 Å². The summed E-state index contributed by atoms with van der Waals surface area (Å²) in [4.78, 5) is 12.0. The number of phenols is 1. The molecule has 0 aromatic heterocycles. The zero-order valence-electron chi connectivity index (χ0n) is 12.4. The van der Waals surface area contributed by atoms with Crippen molar-refractivity contribution in [2.24, 2.45) is 5.10 Å². The summed E-state index contributed by atoms with van der Waals surface area (Å²) in [6, 6.07) is 9.11. The number of hydrogen-bond donors (Lipinski definition) is 2. The van der Waals surface area contributed by atoms with Gasteiger partial charge in [0.1, 0.15) is 5.75 Å². The minimum atomic E-state index is -4.54. The third-order valence-corrected chi connectivity index (χ3v) is 3.85. The average Bonchev–Trinajstić information content (AvgIpc) is 2.52. The second-order valence-electron chi connectivity index (χ2n) is 4.85. The van der Waals surface area contributed by atoms with Gasteiger partial charge < -0.3 is 5.11 Å². The second-order valence-corrected chi connectivity index (χ2v) is 5.70. The zero-order valence-corrected chi connectivity index (χ0v) is 13.9. The normalized spacial score (nSPS) is 12.1. The van der Waals surface area contributed by atoms with Crippen LogP contribution in [0.3, 0.4) is 0 Å². The van der Waals surface area contributed by atoms with Gasteiger partial charge in [-0.1, -0.05) is 12.1 Å². The second kappa shape index (κ2) is 7.04. The van der Waals surface area contributed by atoms with Crippen molar-refractivity contribution in [1.29, 1.82) is 0 Å². The molecule has 0 bridgehead atoms. The first-order valence-corrected chi connectivity index (χ1v) is 7.49. The molecule has 24 heavy (non-hydrogen) atoms. The molecule has 0 atom stereocenters. The number of carbonyl (C=O) groups excluding carboxylic acids is 1. The van der Waals surface area contributed by atoms with Gasteiger partial charge >= 0.3 is 6.18 Å². The fourth-order valence-corrected chi connectivity index (χ4v) is 2.37. The number of halogens is 4. The molecule has 2 aromatic carbocycles. The van der Waals surface area contributed by atoms with Crippen molar-refractivity contribution in [2.75, 3.05) is 0 Å². The first-order valence-electron chi connectivity index (χ1n) is 6.70. The van der Waals surface area contributed by atoms with Gasteiger partial charge in [-0.3, -0.25) is 4.79 Å². The summed E-state index contributed by atoms with van der Waals surface area (Å²) >= 11 is 3.22. The molecule has 2 N–H and O–H groups in total. The first kappa shape index (κ1) is 18.0. The van der Waals surface area contributed by atoms with Crippen LogP contribution in [0, 0.1) is 0 Å². The molecule has 0 saturated carbocycles. The number of nitrogens with zero attached hydrogens (tertiary/aromatic N) is 1. The van der Waals surface area contributed by atoms with Gasteiger partial charge in [0.05, 0.1) is 16.8 Å². The van der Waals surface area contributed by atoms with E-state index in [0.29, 0.717) is 10.0 Å². The minimum absolute atomic E-state index is 0.0407. The molecule has 0 radical (unpaired) electrons. The van der Waals surface area contributed by atoms with Crippen molar-refractivity contribution in [3.63, 3.8) is 0 Å². The van der Waals surface area contributed by atoms with Gasteiger partial charge in [-0.15, -0.1) is 0 Å². The highest BCUT2D eigenvalue weighted by Gasteiger charge is 2.31. The summed E-state index contributed by atoms with van der Waals surface area (Å²) in [5.41, 5.74) is 1.58. The lowest BCUT2D eigenvalue weighted by Gasteiger charge is -2.10. The van der Waals surface area contributed by atoms with Crippen molar-refractivity contribution in [3.8, 4) is 5.75 Å². The topological polar surface area (TPSA) is 61.7 Å². The molecule has 0 saturated heterocycles. The Labute approximate surface area is 144 Å². The lowest BCUT2D eigenvalue weighted by Crippen LogP contribution is -2.20. The van der Waals surface area contributed by atoms with Crippen LogP contribution in [0.25, 0.3) is 0 Å². The highest BCUT2D eigenvalue weighted by atomic mass is 79.9. The van der Waals surface area contributed by atoms with Gasteiger partial charge in [0.2, 0.25) is 0 Å². The zero-order chi connectivity index (χ0) is 17.9. The van der Waals surface area contributed by atoms with Crippen molar-refractivity contribution >= 4 is 27.5 Å². The number of amides is 1. The van der Waals surface area contributed by atoms with E-state index in [1.807, 2.05) is 0 Å². The number of hydrazone groups is 1. The molecule has 0 unspecified atom stereocenters. The Kier molecular flexibility index (Phi) is 5.28. The van der Waals surface area contributed by atoms with E-state index in [0.717, 1.165) is 18.2 Å². The Hall–Kier alpha value is -2.35. The number of carbonyl (C=O) groups is 1. The van der Waals surface area contributed by atoms with Crippen LogP contribution in [-0.4, -0.2) is 16.7 Å². The number of hydrogen-bond acceptors (Lipinski definition) is 3. The Morgan fingerprint density at radius 1 is 1.17 bits per heavy atom. The van der Waals surface area contributed by atoms with E-state index in [2.05, 4.69) is 26.5 Å². The monoisotopic (exact) mass is 400 g/mol. The average molecular weight is 401 g/mol. The smallest absolute Gasteiger partial charge is 0.416 e. The number of alkyl halides is 3. The van der Waals surface area contributed by atoms with Gasteiger partial charge in [0.25, 0.3) is 5.91 Å². The van der Waals surface area contributed by atoms with Crippen LogP contribution >= 0.6 is 15.9 Å². The van der Waals surface area contributed by atoms with Crippen molar-refractivity contribution in [1.82, 2.24) is 5.43 Å². The standard InChI is InChI=1S/C16H12BrF3N2O2/c1-9(12-8-10(16(18,19)20)6-7-14(12)23)21-22-15(24)11-4-2-3-5-13(11)17/h2-8,23H,1H3,(H,22,24)/b21-9+. The van der Waals surface area contributed by atoms with E-state index in [1.165, 1.54) is 6.92 Å². The molecule has 0 aliphatic rings. The first-order chi connectivity index (χ1) is 11.2. The van der Waals surface area contributed by atoms with E-state index in [4.69, 9.17) is 0 Å². The third-order valence-electron chi connectivity index (χ3n) is 3.16. The lowest BCUT2D eigenvalue weighted by molar-refractivity contribution is -0.137. The molecule has 0 spiro atoms. The molecule has 0 heterocycles.